The molecule has 0 radical (unpaired) electrons. The van der Waals surface area contributed by atoms with E-state index < -0.39 is 5.97 Å². The second kappa shape index (κ2) is 9.18. The van der Waals surface area contributed by atoms with Crippen LogP contribution in [0.15, 0.2) is 6.07 Å². The average Bonchev–Trinajstić information content (AvgIpc) is 2.50. The van der Waals surface area contributed by atoms with Crippen LogP contribution < -0.4 is 9.47 Å². The maximum absolute atomic E-state index is 11.5. The van der Waals surface area contributed by atoms with Crippen LogP contribution in [0, 0.1) is 0 Å². The van der Waals surface area contributed by atoms with Gasteiger partial charge in [0.15, 0.2) is 11.5 Å². The summed E-state index contributed by atoms with van der Waals surface area (Å²) in [6.07, 6.45) is 7.24. The molecule has 0 spiro atoms. The molecule has 0 heterocycles. The number of unbranched alkanes of at least 4 members (excludes halogenated alkanes) is 5. The fraction of sp³-hybridized carbons (Fsp3) is 0.588. The highest BCUT2D eigenvalue weighted by Gasteiger charge is 2.22. The molecular formula is C17H26O5. The van der Waals surface area contributed by atoms with Gasteiger partial charge in [0.1, 0.15) is 0 Å². The summed E-state index contributed by atoms with van der Waals surface area (Å²) < 4.78 is 10.2. The third-order valence-electron chi connectivity index (χ3n) is 3.76. The number of phenolic OH excluding ortho intramolecular Hbond substituents is 1. The molecule has 0 aliphatic heterocycles. The molecule has 0 bridgehead atoms. The van der Waals surface area contributed by atoms with E-state index in [-0.39, 0.29) is 22.8 Å². The van der Waals surface area contributed by atoms with E-state index in [1.807, 2.05) is 0 Å². The van der Waals surface area contributed by atoms with Gasteiger partial charge in [0, 0.05) is 5.56 Å². The van der Waals surface area contributed by atoms with Gasteiger partial charge >= 0.3 is 5.97 Å². The molecule has 0 unspecified atom stereocenters. The lowest BCUT2D eigenvalue weighted by Gasteiger charge is -2.16. The first kappa shape index (κ1) is 18.1. The summed E-state index contributed by atoms with van der Waals surface area (Å²) in [6, 6.07) is 1.35. The summed E-state index contributed by atoms with van der Waals surface area (Å²) in [5.74, 6) is -0.875. The molecule has 1 aromatic rings. The number of carboxylic acids is 1. The van der Waals surface area contributed by atoms with Crippen molar-refractivity contribution in [3.8, 4) is 17.2 Å². The van der Waals surface area contributed by atoms with Crippen molar-refractivity contribution in [1.82, 2.24) is 0 Å². The van der Waals surface area contributed by atoms with Gasteiger partial charge in [0.2, 0.25) is 5.75 Å². The highest BCUT2D eigenvalue weighted by Crippen LogP contribution is 2.41. The second-order valence-electron chi connectivity index (χ2n) is 5.31. The van der Waals surface area contributed by atoms with E-state index in [0.29, 0.717) is 12.0 Å². The largest absolute Gasteiger partial charge is 0.502 e. The third-order valence-corrected chi connectivity index (χ3v) is 3.76. The minimum atomic E-state index is -1.04. The number of ether oxygens (including phenoxy) is 2. The molecule has 5 heteroatoms. The molecule has 124 valence electrons. The Labute approximate surface area is 131 Å². The fourth-order valence-electron chi connectivity index (χ4n) is 2.56. The number of aromatic hydroxyl groups is 1. The first-order valence-electron chi connectivity index (χ1n) is 7.76. The topological polar surface area (TPSA) is 76.0 Å². The number of hydrogen-bond acceptors (Lipinski definition) is 4. The van der Waals surface area contributed by atoms with E-state index in [1.165, 1.54) is 39.5 Å². The molecule has 1 aromatic carbocycles. The molecule has 0 aliphatic rings. The molecule has 2 N–H and O–H groups in total. The van der Waals surface area contributed by atoms with Gasteiger partial charge in [0.05, 0.1) is 19.8 Å². The molecule has 0 aliphatic carbocycles. The monoisotopic (exact) mass is 310 g/mol. The zero-order valence-electron chi connectivity index (χ0n) is 13.6. The van der Waals surface area contributed by atoms with Crippen LogP contribution in [0.4, 0.5) is 0 Å². The van der Waals surface area contributed by atoms with Crippen molar-refractivity contribution in [1.29, 1.82) is 0 Å². The van der Waals surface area contributed by atoms with Crippen molar-refractivity contribution in [3.05, 3.63) is 17.2 Å². The van der Waals surface area contributed by atoms with Gasteiger partial charge in [-0.15, -0.1) is 0 Å². The SMILES string of the molecule is CCCCCCCCc1c(C(=O)O)cc(OC)c(O)c1OC. The summed E-state index contributed by atoms with van der Waals surface area (Å²) in [5.41, 5.74) is 0.656. The Morgan fingerprint density at radius 2 is 1.73 bits per heavy atom. The Bertz CT molecular complexity index is 496. The minimum absolute atomic E-state index is 0.112. The number of rotatable bonds is 10. The van der Waals surface area contributed by atoms with E-state index >= 15 is 0 Å². The maximum Gasteiger partial charge on any atom is 0.336 e. The summed E-state index contributed by atoms with van der Waals surface area (Å²) in [4.78, 5) is 11.5. The Morgan fingerprint density at radius 1 is 1.09 bits per heavy atom. The fourth-order valence-corrected chi connectivity index (χ4v) is 2.56. The Kier molecular flexibility index (Phi) is 7.57. The molecule has 0 atom stereocenters. The number of aromatic carboxylic acids is 1. The van der Waals surface area contributed by atoms with E-state index in [9.17, 15) is 15.0 Å². The molecule has 0 amide bonds. The van der Waals surface area contributed by atoms with E-state index in [2.05, 4.69) is 6.92 Å². The van der Waals surface area contributed by atoms with Crippen LogP contribution in [0.2, 0.25) is 0 Å². The van der Waals surface area contributed by atoms with Crippen molar-refractivity contribution < 1.29 is 24.5 Å². The van der Waals surface area contributed by atoms with Crippen molar-refractivity contribution in [2.45, 2.75) is 51.9 Å². The first-order valence-corrected chi connectivity index (χ1v) is 7.76. The second-order valence-corrected chi connectivity index (χ2v) is 5.31. The lowest BCUT2D eigenvalue weighted by Crippen LogP contribution is -2.06. The van der Waals surface area contributed by atoms with Crippen LogP contribution >= 0.6 is 0 Å². The van der Waals surface area contributed by atoms with Crippen molar-refractivity contribution >= 4 is 5.97 Å². The molecule has 0 aromatic heterocycles. The first-order chi connectivity index (χ1) is 10.6. The molecule has 1 rings (SSSR count). The third kappa shape index (κ3) is 4.55. The number of hydrogen-bond donors (Lipinski definition) is 2. The van der Waals surface area contributed by atoms with Gasteiger partial charge in [-0.3, -0.25) is 0 Å². The van der Waals surface area contributed by atoms with Gasteiger partial charge in [0.25, 0.3) is 0 Å². The van der Waals surface area contributed by atoms with Crippen LogP contribution in [0.25, 0.3) is 0 Å². The predicted molar refractivity (Wildman–Crippen MR) is 85.3 cm³/mol. The van der Waals surface area contributed by atoms with E-state index in [0.717, 1.165) is 19.3 Å². The van der Waals surface area contributed by atoms with Crippen molar-refractivity contribution in [2.75, 3.05) is 14.2 Å². The lowest BCUT2D eigenvalue weighted by atomic mass is 9.98. The zero-order chi connectivity index (χ0) is 16.5. The van der Waals surface area contributed by atoms with E-state index in [4.69, 9.17) is 9.47 Å². The number of benzene rings is 1. The summed E-state index contributed by atoms with van der Waals surface area (Å²) in [5, 5.41) is 19.5. The van der Waals surface area contributed by atoms with Crippen molar-refractivity contribution in [2.24, 2.45) is 0 Å². The Morgan fingerprint density at radius 3 is 2.27 bits per heavy atom. The molecule has 22 heavy (non-hydrogen) atoms. The smallest absolute Gasteiger partial charge is 0.336 e. The standard InChI is InChI=1S/C17H26O5/c1-4-5-6-7-8-9-10-12-13(17(19)20)11-14(21-2)15(18)16(12)22-3/h11,18H,4-10H2,1-3H3,(H,19,20). The maximum atomic E-state index is 11.5. The normalized spacial score (nSPS) is 10.5. The molecule has 5 nitrogen and oxygen atoms in total. The Hall–Kier alpha value is -1.91. The van der Waals surface area contributed by atoms with Crippen LogP contribution in [0.1, 0.15) is 61.4 Å². The molecule has 0 saturated heterocycles. The van der Waals surface area contributed by atoms with Gasteiger partial charge in [-0.05, 0) is 18.9 Å². The lowest BCUT2D eigenvalue weighted by molar-refractivity contribution is 0.0694. The zero-order valence-corrected chi connectivity index (χ0v) is 13.6. The minimum Gasteiger partial charge on any atom is -0.502 e. The van der Waals surface area contributed by atoms with E-state index in [1.54, 1.807) is 0 Å². The number of carbonyl (C=O) groups is 1. The highest BCUT2D eigenvalue weighted by molar-refractivity contribution is 5.92. The molecule has 0 fully saturated rings. The van der Waals surface area contributed by atoms with Crippen molar-refractivity contribution in [3.63, 3.8) is 0 Å². The van der Waals surface area contributed by atoms with Gasteiger partial charge in [-0.1, -0.05) is 39.0 Å². The quantitative estimate of drug-likeness (QED) is 0.639. The average molecular weight is 310 g/mol. The van der Waals surface area contributed by atoms with Crippen LogP contribution in [-0.2, 0) is 6.42 Å². The van der Waals surface area contributed by atoms with Crippen LogP contribution in [0.3, 0.4) is 0 Å². The summed E-state index contributed by atoms with van der Waals surface area (Å²) in [6.45, 7) is 2.17. The predicted octanol–water partition coefficient (Wildman–Crippen LogP) is 4.01. The summed E-state index contributed by atoms with van der Waals surface area (Å²) in [7, 11) is 2.80. The number of carboxylic acid groups (broad SMARTS) is 1. The van der Waals surface area contributed by atoms with Crippen LogP contribution in [0.5, 0.6) is 17.2 Å². The number of phenols is 1. The molecule has 0 saturated carbocycles. The number of methoxy groups -OCH3 is 2. The van der Waals surface area contributed by atoms with Gasteiger partial charge in [-0.2, -0.15) is 0 Å². The van der Waals surface area contributed by atoms with Gasteiger partial charge in [-0.25, -0.2) is 4.79 Å². The van der Waals surface area contributed by atoms with Gasteiger partial charge < -0.3 is 19.7 Å². The molecular weight excluding hydrogens is 284 g/mol. The Balaban J connectivity index is 2.91. The van der Waals surface area contributed by atoms with Crippen LogP contribution in [-0.4, -0.2) is 30.4 Å². The highest BCUT2D eigenvalue weighted by atomic mass is 16.5. The summed E-state index contributed by atoms with van der Waals surface area (Å²) >= 11 is 0.